The van der Waals surface area contributed by atoms with Crippen LogP contribution in [-0.2, 0) is 9.53 Å². The van der Waals surface area contributed by atoms with Crippen molar-refractivity contribution in [3.63, 3.8) is 0 Å². The molecule has 0 radical (unpaired) electrons. The molecule has 1 heterocycles. The largest absolute Gasteiger partial charge is 0.463 e. The van der Waals surface area contributed by atoms with Gasteiger partial charge in [-0.05, 0) is 26.0 Å². The summed E-state index contributed by atoms with van der Waals surface area (Å²) in [6.45, 7) is 6.94. The van der Waals surface area contributed by atoms with Crippen LogP contribution in [0.1, 0.15) is 25.5 Å². The highest BCUT2D eigenvalue weighted by atomic mass is 19.1. The fourth-order valence-electron chi connectivity index (χ4n) is 2.61. The van der Waals surface area contributed by atoms with E-state index in [1.165, 1.54) is 24.0 Å². The summed E-state index contributed by atoms with van der Waals surface area (Å²) in [7, 11) is 0. The molecule has 0 unspecified atom stereocenters. The molecule has 1 aromatic carbocycles. The van der Waals surface area contributed by atoms with Crippen LogP contribution in [0, 0.1) is 11.6 Å². The Morgan fingerprint density at radius 1 is 1.42 bits per heavy atom. The summed E-state index contributed by atoms with van der Waals surface area (Å²) in [5.41, 5.74) is -0.140. The molecule has 2 amide bonds. The van der Waals surface area contributed by atoms with Crippen LogP contribution in [0.2, 0.25) is 0 Å². The molecule has 0 fully saturated rings. The van der Waals surface area contributed by atoms with Crippen molar-refractivity contribution in [2.45, 2.75) is 19.9 Å². The minimum absolute atomic E-state index is 0.0118. The highest BCUT2D eigenvalue weighted by Crippen LogP contribution is 2.33. The lowest BCUT2D eigenvalue weighted by molar-refractivity contribution is -0.139. The van der Waals surface area contributed by atoms with E-state index in [-0.39, 0.29) is 24.4 Å². The van der Waals surface area contributed by atoms with Crippen LogP contribution in [0.4, 0.5) is 13.6 Å². The van der Waals surface area contributed by atoms with Gasteiger partial charge in [0.15, 0.2) is 0 Å². The van der Waals surface area contributed by atoms with Crippen molar-refractivity contribution in [2.75, 3.05) is 13.2 Å². The van der Waals surface area contributed by atoms with Crippen LogP contribution in [-0.4, -0.2) is 30.1 Å². The summed E-state index contributed by atoms with van der Waals surface area (Å²) in [4.78, 5) is 25.9. The van der Waals surface area contributed by atoms with Gasteiger partial charge in [0.05, 0.1) is 23.8 Å². The quantitative estimate of drug-likeness (QED) is 0.664. The first-order valence-corrected chi connectivity index (χ1v) is 7.43. The van der Waals surface area contributed by atoms with Gasteiger partial charge in [-0.25, -0.2) is 18.4 Å². The van der Waals surface area contributed by atoms with Crippen LogP contribution in [0.5, 0.6) is 0 Å². The van der Waals surface area contributed by atoms with Gasteiger partial charge in [0, 0.05) is 12.2 Å². The van der Waals surface area contributed by atoms with E-state index in [1.54, 1.807) is 6.92 Å². The van der Waals surface area contributed by atoms with E-state index in [2.05, 4.69) is 11.9 Å². The number of carbonyl (C=O) groups excluding carboxylic acids is 2. The van der Waals surface area contributed by atoms with E-state index >= 15 is 0 Å². The second kappa shape index (κ2) is 7.25. The van der Waals surface area contributed by atoms with Gasteiger partial charge in [-0.1, -0.05) is 12.1 Å². The molecule has 5 nitrogen and oxygen atoms in total. The third kappa shape index (κ3) is 3.15. The van der Waals surface area contributed by atoms with Crippen LogP contribution >= 0.6 is 0 Å². The number of urea groups is 1. The number of amides is 2. The van der Waals surface area contributed by atoms with Crippen molar-refractivity contribution in [3.05, 3.63) is 59.3 Å². The van der Waals surface area contributed by atoms with Crippen molar-refractivity contribution in [1.82, 2.24) is 10.2 Å². The van der Waals surface area contributed by atoms with Crippen molar-refractivity contribution in [1.29, 1.82) is 0 Å². The van der Waals surface area contributed by atoms with E-state index in [9.17, 15) is 18.4 Å². The van der Waals surface area contributed by atoms with Gasteiger partial charge in [-0.15, -0.1) is 6.58 Å². The second-order valence-electron chi connectivity index (χ2n) is 5.14. The number of halogens is 2. The molecule has 1 aromatic rings. The van der Waals surface area contributed by atoms with Crippen molar-refractivity contribution < 1.29 is 23.1 Å². The molecular weight excluding hydrogens is 318 g/mol. The molecule has 1 atom stereocenters. The normalized spacial score (nSPS) is 17.6. The summed E-state index contributed by atoms with van der Waals surface area (Å²) in [6, 6.07) is 1.51. The van der Waals surface area contributed by atoms with E-state index in [0.29, 0.717) is 0 Å². The fraction of sp³-hybridized carbons (Fsp3) is 0.294. The average Bonchev–Trinajstić information content (AvgIpc) is 2.51. The molecule has 0 saturated heterocycles. The Morgan fingerprint density at radius 3 is 2.58 bits per heavy atom. The van der Waals surface area contributed by atoms with Gasteiger partial charge in [-0.2, -0.15) is 0 Å². The second-order valence-corrected chi connectivity index (χ2v) is 5.14. The molecule has 0 aliphatic carbocycles. The summed E-state index contributed by atoms with van der Waals surface area (Å²) in [6.07, 6.45) is 1.48. The van der Waals surface area contributed by atoms with Gasteiger partial charge in [0.1, 0.15) is 11.6 Å². The summed E-state index contributed by atoms with van der Waals surface area (Å²) in [5, 5.41) is 2.47. The molecule has 0 spiro atoms. The molecule has 0 bridgehead atoms. The molecule has 1 aliphatic heterocycles. The minimum Gasteiger partial charge on any atom is -0.463 e. The SMILES string of the molecule is C=CCN1C(=O)N[C@@H](c2c(F)cccc2F)C(C(=O)OCC)=C1C. The number of hydrogen-bond acceptors (Lipinski definition) is 3. The summed E-state index contributed by atoms with van der Waals surface area (Å²) >= 11 is 0. The number of allylic oxidation sites excluding steroid dienone is 1. The zero-order chi connectivity index (χ0) is 17.9. The molecule has 24 heavy (non-hydrogen) atoms. The standard InChI is InChI=1S/C17H18F2N2O3/c1-4-9-21-10(3)13(16(22)24-5-2)15(20-17(21)23)14-11(18)7-6-8-12(14)19/h4,6-8,15H,1,5,9H2,2-3H3,(H,20,23)/t15-/m1/s1. The maximum absolute atomic E-state index is 14.2. The first-order chi connectivity index (χ1) is 11.4. The lowest BCUT2D eigenvalue weighted by Crippen LogP contribution is -2.48. The highest BCUT2D eigenvalue weighted by molar-refractivity contribution is 5.95. The molecule has 2 rings (SSSR count). The van der Waals surface area contributed by atoms with Crippen LogP contribution < -0.4 is 5.32 Å². The lowest BCUT2D eigenvalue weighted by atomic mass is 9.94. The van der Waals surface area contributed by atoms with E-state index in [4.69, 9.17) is 4.74 Å². The number of nitrogens with zero attached hydrogens (tertiary/aromatic N) is 1. The predicted octanol–water partition coefficient (Wildman–Crippen LogP) is 3.05. The molecule has 128 valence electrons. The first kappa shape index (κ1) is 17.7. The fourth-order valence-corrected chi connectivity index (χ4v) is 2.61. The van der Waals surface area contributed by atoms with E-state index in [0.717, 1.165) is 12.1 Å². The van der Waals surface area contributed by atoms with Crippen LogP contribution in [0.3, 0.4) is 0 Å². The van der Waals surface area contributed by atoms with Gasteiger partial charge in [0.25, 0.3) is 0 Å². The Balaban J connectivity index is 2.63. The molecular formula is C17H18F2N2O3. The summed E-state index contributed by atoms with van der Waals surface area (Å²) < 4.78 is 33.3. The minimum atomic E-state index is -1.26. The maximum Gasteiger partial charge on any atom is 0.338 e. The van der Waals surface area contributed by atoms with E-state index < -0.39 is 35.2 Å². The molecule has 1 N–H and O–H groups in total. The topological polar surface area (TPSA) is 58.6 Å². The number of carbonyl (C=O) groups is 2. The predicted molar refractivity (Wildman–Crippen MR) is 83.9 cm³/mol. The van der Waals surface area contributed by atoms with Crippen molar-refractivity contribution in [3.8, 4) is 0 Å². The van der Waals surface area contributed by atoms with Gasteiger partial charge < -0.3 is 10.1 Å². The number of rotatable bonds is 5. The Bertz CT molecular complexity index is 696. The molecule has 0 saturated carbocycles. The van der Waals surface area contributed by atoms with Crippen LogP contribution in [0.25, 0.3) is 0 Å². The zero-order valence-electron chi connectivity index (χ0n) is 13.4. The Kier molecular flexibility index (Phi) is 5.33. The van der Waals surface area contributed by atoms with Crippen LogP contribution in [0.15, 0.2) is 42.1 Å². The van der Waals surface area contributed by atoms with Gasteiger partial charge >= 0.3 is 12.0 Å². The smallest absolute Gasteiger partial charge is 0.338 e. The monoisotopic (exact) mass is 336 g/mol. The zero-order valence-corrected chi connectivity index (χ0v) is 13.4. The van der Waals surface area contributed by atoms with Crippen molar-refractivity contribution in [2.24, 2.45) is 0 Å². The average molecular weight is 336 g/mol. The number of benzene rings is 1. The third-order valence-electron chi connectivity index (χ3n) is 3.69. The molecule has 0 aromatic heterocycles. The highest BCUT2D eigenvalue weighted by Gasteiger charge is 2.38. The van der Waals surface area contributed by atoms with Gasteiger partial charge in [0.2, 0.25) is 0 Å². The first-order valence-electron chi connectivity index (χ1n) is 7.43. The third-order valence-corrected chi connectivity index (χ3v) is 3.69. The van der Waals surface area contributed by atoms with E-state index in [1.807, 2.05) is 0 Å². The Hall–Kier alpha value is -2.70. The Labute approximate surface area is 138 Å². The number of hydrogen-bond donors (Lipinski definition) is 1. The van der Waals surface area contributed by atoms with Gasteiger partial charge in [-0.3, -0.25) is 4.90 Å². The number of ether oxygens (including phenoxy) is 1. The number of nitrogens with one attached hydrogen (secondary N) is 1. The molecule has 7 heteroatoms. The lowest BCUT2D eigenvalue weighted by Gasteiger charge is -2.35. The van der Waals surface area contributed by atoms with Crippen molar-refractivity contribution >= 4 is 12.0 Å². The molecule has 1 aliphatic rings. The summed E-state index contributed by atoms with van der Waals surface area (Å²) in [5.74, 6) is -2.45. The number of esters is 1. The maximum atomic E-state index is 14.2. The Morgan fingerprint density at radius 2 is 2.04 bits per heavy atom.